The second kappa shape index (κ2) is 8.29. The summed E-state index contributed by atoms with van der Waals surface area (Å²) >= 11 is 1.11. The molecule has 8 heteroatoms. The van der Waals surface area contributed by atoms with Gasteiger partial charge in [-0.1, -0.05) is 30.3 Å². The summed E-state index contributed by atoms with van der Waals surface area (Å²) in [5.74, 6) is -0.980. The van der Waals surface area contributed by atoms with Gasteiger partial charge in [0, 0.05) is 32.7 Å². The Hall–Kier alpha value is -2.45. The van der Waals surface area contributed by atoms with Gasteiger partial charge in [0.15, 0.2) is 0 Å². The van der Waals surface area contributed by atoms with E-state index < -0.39 is 5.97 Å². The highest BCUT2D eigenvalue weighted by Gasteiger charge is 2.21. The Bertz CT molecular complexity index is 770. The number of aromatic nitrogens is 1. The number of hydrogen-bond acceptors (Lipinski definition) is 5. The van der Waals surface area contributed by atoms with Crippen LogP contribution in [0, 0.1) is 6.92 Å². The van der Waals surface area contributed by atoms with Crippen LogP contribution in [0.2, 0.25) is 0 Å². The van der Waals surface area contributed by atoms with Gasteiger partial charge in [-0.2, -0.15) is 0 Å². The van der Waals surface area contributed by atoms with Gasteiger partial charge in [0.2, 0.25) is 0 Å². The van der Waals surface area contributed by atoms with Crippen LogP contribution in [0.1, 0.15) is 25.9 Å². The van der Waals surface area contributed by atoms with Crippen molar-refractivity contribution in [1.82, 2.24) is 20.1 Å². The number of carboxylic acid groups (broad SMARTS) is 1. The Labute approximate surface area is 156 Å². The lowest BCUT2D eigenvalue weighted by molar-refractivity contribution is 0.0701. The summed E-state index contributed by atoms with van der Waals surface area (Å²) < 4.78 is 0. The van der Waals surface area contributed by atoms with E-state index in [9.17, 15) is 9.59 Å². The summed E-state index contributed by atoms with van der Waals surface area (Å²) in [6.07, 6.45) is 0. The molecule has 2 amide bonds. The lowest BCUT2D eigenvalue weighted by Crippen LogP contribution is -2.51. The zero-order valence-electron chi connectivity index (χ0n) is 14.6. The van der Waals surface area contributed by atoms with E-state index in [1.54, 1.807) is 11.8 Å². The number of urea groups is 1. The van der Waals surface area contributed by atoms with Crippen molar-refractivity contribution in [2.24, 2.45) is 0 Å². The molecule has 1 aliphatic heterocycles. The van der Waals surface area contributed by atoms with E-state index in [2.05, 4.69) is 27.3 Å². The second-order valence-electron chi connectivity index (χ2n) is 6.23. The van der Waals surface area contributed by atoms with Crippen molar-refractivity contribution in [1.29, 1.82) is 0 Å². The van der Waals surface area contributed by atoms with Crippen LogP contribution in [0.5, 0.6) is 0 Å². The minimum atomic E-state index is -0.980. The number of carboxylic acids is 1. The standard InChI is InChI=1S/C18H22N4O3S/c1-13-16(17(23)24)26-15(20-13)11-19-18(25)22-9-7-21(8-10-22)12-14-5-3-2-4-6-14/h2-6H,7-12H2,1H3,(H,19,25)(H,23,24). The van der Waals surface area contributed by atoms with Gasteiger partial charge in [-0.25, -0.2) is 14.6 Å². The molecule has 1 fully saturated rings. The van der Waals surface area contributed by atoms with E-state index in [4.69, 9.17) is 5.11 Å². The zero-order valence-corrected chi connectivity index (χ0v) is 15.5. The van der Waals surface area contributed by atoms with Crippen molar-refractivity contribution in [2.75, 3.05) is 26.2 Å². The molecule has 2 N–H and O–H groups in total. The second-order valence-corrected chi connectivity index (χ2v) is 7.32. The smallest absolute Gasteiger partial charge is 0.347 e. The van der Waals surface area contributed by atoms with Crippen LogP contribution in [-0.4, -0.2) is 58.1 Å². The maximum absolute atomic E-state index is 12.3. The number of amides is 2. The molecule has 0 aliphatic carbocycles. The van der Waals surface area contributed by atoms with Crippen LogP contribution in [0.25, 0.3) is 0 Å². The van der Waals surface area contributed by atoms with Gasteiger partial charge in [-0.05, 0) is 12.5 Å². The van der Waals surface area contributed by atoms with Crippen LogP contribution in [0.15, 0.2) is 30.3 Å². The molecule has 1 aromatic heterocycles. The Morgan fingerprint density at radius 3 is 2.50 bits per heavy atom. The van der Waals surface area contributed by atoms with Crippen LogP contribution in [0.4, 0.5) is 4.79 Å². The Kier molecular flexibility index (Phi) is 5.85. The Morgan fingerprint density at radius 1 is 1.19 bits per heavy atom. The van der Waals surface area contributed by atoms with Gasteiger partial charge in [-0.15, -0.1) is 11.3 Å². The fraction of sp³-hybridized carbons (Fsp3) is 0.389. The number of nitrogens with zero attached hydrogens (tertiary/aromatic N) is 3. The molecule has 1 aromatic carbocycles. The molecule has 1 aliphatic rings. The predicted octanol–water partition coefficient (Wildman–Crippen LogP) is 2.18. The monoisotopic (exact) mass is 374 g/mol. The molecule has 2 aromatic rings. The summed E-state index contributed by atoms with van der Waals surface area (Å²) in [6, 6.07) is 10.2. The van der Waals surface area contributed by atoms with Gasteiger partial charge in [0.05, 0.1) is 12.2 Å². The number of nitrogens with one attached hydrogen (secondary N) is 1. The Morgan fingerprint density at radius 2 is 1.88 bits per heavy atom. The van der Waals surface area contributed by atoms with E-state index in [0.29, 0.717) is 23.8 Å². The van der Waals surface area contributed by atoms with Gasteiger partial charge >= 0.3 is 12.0 Å². The first-order valence-electron chi connectivity index (χ1n) is 8.51. The molecule has 138 valence electrons. The van der Waals surface area contributed by atoms with Gasteiger partial charge in [0.25, 0.3) is 0 Å². The molecule has 0 unspecified atom stereocenters. The van der Waals surface area contributed by atoms with Gasteiger partial charge in [-0.3, -0.25) is 4.90 Å². The zero-order chi connectivity index (χ0) is 18.5. The van der Waals surface area contributed by atoms with Crippen molar-refractivity contribution in [3.8, 4) is 0 Å². The lowest BCUT2D eigenvalue weighted by Gasteiger charge is -2.34. The fourth-order valence-corrected chi connectivity index (χ4v) is 3.78. The third-order valence-corrected chi connectivity index (χ3v) is 5.48. The lowest BCUT2D eigenvalue weighted by atomic mass is 10.2. The minimum Gasteiger partial charge on any atom is -0.477 e. The molecule has 2 heterocycles. The average Bonchev–Trinajstić information content (AvgIpc) is 3.02. The van der Waals surface area contributed by atoms with Crippen LogP contribution >= 0.6 is 11.3 Å². The van der Waals surface area contributed by atoms with E-state index in [1.165, 1.54) is 5.56 Å². The van der Waals surface area contributed by atoms with Crippen molar-refractivity contribution >= 4 is 23.3 Å². The number of rotatable bonds is 5. The molecule has 0 radical (unpaired) electrons. The number of carbonyl (C=O) groups is 2. The molecule has 7 nitrogen and oxygen atoms in total. The largest absolute Gasteiger partial charge is 0.477 e. The maximum Gasteiger partial charge on any atom is 0.347 e. The van der Waals surface area contributed by atoms with Crippen molar-refractivity contribution < 1.29 is 14.7 Å². The molecule has 0 spiro atoms. The molecule has 1 saturated heterocycles. The highest BCUT2D eigenvalue weighted by Crippen LogP contribution is 2.18. The molecule has 26 heavy (non-hydrogen) atoms. The van der Waals surface area contributed by atoms with E-state index in [0.717, 1.165) is 31.0 Å². The number of carbonyl (C=O) groups excluding carboxylic acids is 1. The van der Waals surface area contributed by atoms with Crippen molar-refractivity contribution in [3.05, 3.63) is 51.5 Å². The Balaban J connectivity index is 1.45. The number of piperazine rings is 1. The average molecular weight is 374 g/mol. The normalized spacial score (nSPS) is 15.0. The summed E-state index contributed by atoms with van der Waals surface area (Å²) in [4.78, 5) is 31.9. The third kappa shape index (κ3) is 4.59. The molecule has 0 saturated carbocycles. The van der Waals surface area contributed by atoms with Crippen LogP contribution in [-0.2, 0) is 13.1 Å². The topological polar surface area (TPSA) is 85.8 Å². The number of benzene rings is 1. The summed E-state index contributed by atoms with van der Waals surface area (Å²) in [5.41, 5.74) is 1.76. The fourth-order valence-electron chi connectivity index (χ4n) is 2.94. The first-order chi connectivity index (χ1) is 12.5. The van der Waals surface area contributed by atoms with Crippen LogP contribution < -0.4 is 5.32 Å². The summed E-state index contributed by atoms with van der Waals surface area (Å²) in [5, 5.41) is 12.5. The summed E-state index contributed by atoms with van der Waals surface area (Å²) in [6.45, 7) is 5.83. The number of hydrogen-bond donors (Lipinski definition) is 2. The highest BCUT2D eigenvalue weighted by atomic mass is 32.1. The first-order valence-corrected chi connectivity index (χ1v) is 9.33. The first kappa shape index (κ1) is 18.3. The van der Waals surface area contributed by atoms with E-state index in [1.807, 2.05) is 18.2 Å². The van der Waals surface area contributed by atoms with E-state index >= 15 is 0 Å². The quantitative estimate of drug-likeness (QED) is 0.838. The highest BCUT2D eigenvalue weighted by molar-refractivity contribution is 7.13. The van der Waals surface area contributed by atoms with Crippen LogP contribution in [0.3, 0.4) is 0 Å². The molecule has 0 bridgehead atoms. The molecular formula is C18H22N4O3S. The van der Waals surface area contributed by atoms with Crippen molar-refractivity contribution in [3.63, 3.8) is 0 Å². The summed E-state index contributed by atoms with van der Waals surface area (Å²) in [7, 11) is 0. The molecular weight excluding hydrogens is 352 g/mol. The predicted molar refractivity (Wildman–Crippen MR) is 99.3 cm³/mol. The number of aryl methyl sites for hydroxylation is 1. The maximum atomic E-state index is 12.3. The number of aromatic carboxylic acids is 1. The third-order valence-electron chi connectivity index (χ3n) is 4.33. The molecule has 0 atom stereocenters. The van der Waals surface area contributed by atoms with E-state index in [-0.39, 0.29) is 17.5 Å². The number of thiazole rings is 1. The minimum absolute atomic E-state index is 0.130. The van der Waals surface area contributed by atoms with Gasteiger partial charge < -0.3 is 15.3 Å². The molecule has 3 rings (SSSR count). The SMILES string of the molecule is Cc1nc(CNC(=O)N2CCN(Cc3ccccc3)CC2)sc1C(=O)O. The van der Waals surface area contributed by atoms with Gasteiger partial charge in [0.1, 0.15) is 9.88 Å². The van der Waals surface area contributed by atoms with Crippen molar-refractivity contribution in [2.45, 2.75) is 20.0 Å².